The Balaban J connectivity index is 2.44. The Hall–Kier alpha value is -0.580. The van der Waals surface area contributed by atoms with Gasteiger partial charge in [-0.05, 0) is 43.8 Å². The van der Waals surface area contributed by atoms with Crippen LogP contribution in [0.3, 0.4) is 0 Å². The number of hydrogen-bond donors (Lipinski definition) is 2. The number of rotatable bonds is 7. The minimum absolute atomic E-state index is 0.340. The smallest absolute Gasteiger partial charge is 0.0839 e. The zero-order chi connectivity index (χ0) is 13.5. The molecule has 1 aromatic rings. The number of aryl methyl sites for hydroxylation is 1. The first-order valence-electron chi connectivity index (χ1n) is 6.47. The normalized spacial score (nSPS) is 12.8. The lowest BCUT2D eigenvalue weighted by molar-refractivity contribution is 0.128. The van der Waals surface area contributed by atoms with Crippen molar-refractivity contribution in [1.82, 2.24) is 4.90 Å². The first-order chi connectivity index (χ1) is 8.56. The molecule has 0 aromatic heterocycles. The second-order valence-electron chi connectivity index (χ2n) is 4.48. The zero-order valence-electron chi connectivity index (χ0n) is 11.4. The van der Waals surface area contributed by atoms with Crippen molar-refractivity contribution in [3.63, 3.8) is 0 Å². The fourth-order valence-corrected chi connectivity index (χ4v) is 2.37. The molecule has 0 spiro atoms. The number of nitrogens with zero attached hydrogens (tertiary/aromatic N) is 1. The second kappa shape index (κ2) is 7.77. The SMILES string of the molecule is CCN(CC)CC(O)CNc1ccc(Br)cc1C. The van der Waals surface area contributed by atoms with Crippen LogP contribution >= 0.6 is 15.9 Å². The van der Waals surface area contributed by atoms with E-state index in [0.717, 1.165) is 29.8 Å². The molecule has 0 aliphatic heterocycles. The fourth-order valence-electron chi connectivity index (χ4n) is 1.90. The van der Waals surface area contributed by atoms with Crippen molar-refractivity contribution >= 4 is 21.6 Å². The van der Waals surface area contributed by atoms with E-state index in [4.69, 9.17) is 0 Å². The van der Waals surface area contributed by atoms with Crippen molar-refractivity contribution in [2.45, 2.75) is 26.9 Å². The minimum atomic E-state index is -0.340. The maximum atomic E-state index is 9.98. The molecule has 0 radical (unpaired) electrons. The van der Waals surface area contributed by atoms with Crippen molar-refractivity contribution in [3.05, 3.63) is 28.2 Å². The summed E-state index contributed by atoms with van der Waals surface area (Å²) >= 11 is 3.44. The molecule has 2 N–H and O–H groups in total. The quantitative estimate of drug-likeness (QED) is 0.812. The molecule has 0 aliphatic carbocycles. The Labute approximate surface area is 118 Å². The average Bonchev–Trinajstić information content (AvgIpc) is 2.35. The highest BCUT2D eigenvalue weighted by Gasteiger charge is 2.09. The van der Waals surface area contributed by atoms with Gasteiger partial charge >= 0.3 is 0 Å². The van der Waals surface area contributed by atoms with Gasteiger partial charge in [0.05, 0.1) is 6.10 Å². The zero-order valence-corrected chi connectivity index (χ0v) is 13.0. The Morgan fingerprint density at radius 2 is 2.00 bits per heavy atom. The number of benzene rings is 1. The summed E-state index contributed by atoms with van der Waals surface area (Å²) in [5.41, 5.74) is 2.26. The van der Waals surface area contributed by atoms with E-state index in [2.05, 4.69) is 53.0 Å². The topological polar surface area (TPSA) is 35.5 Å². The molecule has 1 unspecified atom stereocenters. The summed E-state index contributed by atoms with van der Waals surface area (Å²) in [7, 11) is 0. The summed E-state index contributed by atoms with van der Waals surface area (Å²) in [5.74, 6) is 0. The molecule has 0 fully saturated rings. The van der Waals surface area contributed by atoms with E-state index in [1.54, 1.807) is 0 Å². The lowest BCUT2D eigenvalue weighted by atomic mass is 10.2. The Kier molecular flexibility index (Phi) is 6.68. The molecule has 0 amide bonds. The van der Waals surface area contributed by atoms with Crippen molar-refractivity contribution in [2.75, 3.05) is 31.5 Å². The standard InChI is InChI=1S/C14H23BrN2O/c1-4-17(5-2)10-13(18)9-16-14-7-6-12(15)8-11(14)3/h6-8,13,16,18H,4-5,9-10H2,1-3H3. The van der Waals surface area contributed by atoms with Gasteiger partial charge < -0.3 is 15.3 Å². The van der Waals surface area contributed by atoms with E-state index >= 15 is 0 Å². The summed E-state index contributed by atoms with van der Waals surface area (Å²) in [6.45, 7) is 9.54. The molecule has 1 rings (SSSR count). The molecular weight excluding hydrogens is 292 g/mol. The lowest BCUT2D eigenvalue weighted by Crippen LogP contribution is -2.36. The first kappa shape index (κ1) is 15.5. The third kappa shape index (κ3) is 4.96. The maximum Gasteiger partial charge on any atom is 0.0839 e. The van der Waals surface area contributed by atoms with E-state index in [9.17, 15) is 5.11 Å². The highest BCUT2D eigenvalue weighted by atomic mass is 79.9. The molecule has 4 heteroatoms. The van der Waals surface area contributed by atoms with Crippen LogP contribution in [0, 0.1) is 6.92 Å². The number of anilines is 1. The molecule has 1 atom stereocenters. The molecule has 0 bridgehead atoms. The number of nitrogens with one attached hydrogen (secondary N) is 1. The molecule has 0 heterocycles. The van der Waals surface area contributed by atoms with Crippen LogP contribution < -0.4 is 5.32 Å². The number of aliphatic hydroxyl groups is 1. The molecule has 102 valence electrons. The summed E-state index contributed by atoms with van der Waals surface area (Å²) in [6, 6.07) is 6.11. The number of aliphatic hydroxyl groups excluding tert-OH is 1. The van der Waals surface area contributed by atoms with Crippen LogP contribution in [0.1, 0.15) is 19.4 Å². The molecule has 3 nitrogen and oxygen atoms in total. The van der Waals surface area contributed by atoms with E-state index in [1.165, 1.54) is 5.56 Å². The van der Waals surface area contributed by atoms with Gasteiger partial charge in [0.25, 0.3) is 0 Å². The Bertz CT molecular complexity index is 367. The monoisotopic (exact) mass is 314 g/mol. The fraction of sp³-hybridized carbons (Fsp3) is 0.571. The summed E-state index contributed by atoms with van der Waals surface area (Å²) in [4.78, 5) is 2.22. The first-order valence-corrected chi connectivity index (χ1v) is 7.26. The van der Waals surface area contributed by atoms with Gasteiger partial charge in [-0.1, -0.05) is 29.8 Å². The van der Waals surface area contributed by atoms with Crippen molar-refractivity contribution in [3.8, 4) is 0 Å². The number of hydrogen-bond acceptors (Lipinski definition) is 3. The summed E-state index contributed by atoms with van der Waals surface area (Å²) in [5, 5.41) is 13.3. The average molecular weight is 315 g/mol. The van der Waals surface area contributed by atoms with Crippen LogP contribution in [0.2, 0.25) is 0 Å². The Morgan fingerprint density at radius 3 is 2.56 bits per heavy atom. The highest BCUT2D eigenvalue weighted by molar-refractivity contribution is 9.10. The van der Waals surface area contributed by atoms with Crippen molar-refractivity contribution in [1.29, 1.82) is 0 Å². The van der Waals surface area contributed by atoms with Crippen molar-refractivity contribution in [2.24, 2.45) is 0 Å². The van der Waals surface area contributed by atoms with E-state index in [0.29, 0.717) is 6.54 Å². The van der Waals surface area contributed by atoms with Crippen LogP contribution in [0.15, 0.2) is 22.7 Å². The van der Waals surface area contributed by atoms with Crippen LogP contribution in [0.5, 0.6) is 0 Å². The van der Waals surface area contributed by atoms with E-state index < -0.39 is 0 Å². The predicted octanol–water partition coefficient (Wildman–Crippen LogP) is 2.87. The largest absolute Gasteiger partial charge is 0.390 e. The highest BCUT2D eigenvalue weighted by Crippen LogP contribution is 2.19. The van der Waals surface area contributed by atoms with Gasteiger partial charge in [0.2, 0.25) is 0 Å². The van der Waals surface area contributed by atoms with Gasteiger partial charge in [-0.25, -0.2) is 0 Å². The van der Waals surface area contributed by atoms with Gasteiger partial charge in [-0.2, -0.15) is 0 Å². The molecule has 0 saturated heterocycles. The van der Waals surface area contributed by atoms with Crippen LogP contribution in [0.4, 0.5) is 5.69 Å². The molecule has 1 aromatic carbocycles. The van der Waals surface area contributed by atoms with E-state index in [-0.39, 0.29) is 6.10 Å². The van der Waals surface area contributed by atoms with Gasteiger partial charge in [-0.3, -0.25) is 0 Å². The molecule has 18 heavy (non-hydrogen) atoms. The van der Waals surface area contributed by atoms with Crippen LogP contribution in [-0.2, 0) is 0 Å². The third-order valence-electron chi connectivity index (χ3n) is 3.08. The minimum Gasteiger partial charge on any atom is -0.390 e. The van der Waals surface area contributed by atoms with Crippen LogP contribution in [0.25, 0.3) is 0 Å². The van der Waals surface area contributed by atoms with Crippen molar-refractivity contribution < 1.29 is 5.11 Å². The molecule has 0 aliphatic rings. The lowest BCUT2D eigenvalue weighted by Gasteiger charge is -2.22. The predicted molar refractivity (Wildman–Crippen MR) is 81.2 cm³/mol. The van der Waals surface area contributed by atoms with E-state index in [1.807, 2.05) is 12.1 Å². The van der Waals surface area contributed by atoms with Gasteiger partial charge in [0.15, 0.2) is 0 Å². The third-order valence-corrected chi connectivity index (χ3v) is 3.57. The maximum absolute atomic E-state index is 9.98. The van der Waals surface area contributed by atoms with Gasteiger partial charge in [0.1, 0.15) is 0 Å². The van der Waals surface area contributed by atoms with Crippen LogP contribution in [-0.4, -0.2) is 42.3 Å². The Morgan fingerprint density at radius 1 is 1.33 bits per heavy atom. The summed E-state index contributed by atoms with van der Waals surface area (Å²) < 4.78 is 1.08. The summed E-state index contributed by atoms with van der Waals surface area (Å²) in [6.07, 6.45) is -0.340. The second-order valence-corrected chi connectivity index (χ2v) is 5.40. The number of likely N-dealkylation sites (N-methyl/N-ethyl adjacent to an activating group) is 1. The number of halogens is 1. The van der Waals surface area contributed by atoms with Gasteiger partial charge in [0, 0.05) is 23.2 Å². The van der Waals surface area contributed by atoms with Gasteiger partial charge in [-0.15, -0.1) is 0 Å². The molecule has 0 saturated carbocycles. The molecular formula is C14H23BrN2O.